The number of aromatic nitrogens is 2. The lowest BCUT2D eigenvalue weighted by Gasteiger charge is -2.40. The molecule has 0 saturated carbocycles. The summed E-state index contributed by atoms with van der Waals surface area (Å²) in [6.07, 6.45) is 0. The van der Waals surface area contributed by atoms with E-state index >= 15 is 0 Å². The van der Waals surface area contributed by atoms with Gasteiger partial charge in [-0.3, -0.25) is 14.7 Å². The van der Waals surface area contributed by atoms with Gasteiger partial charge in [-0.05, 0) is 24.1 Å². The number of piperazine rings is 1. The van der Waals surface area contributed by atoms with E-state index in [1.807, 2.05) is 13.8 Å². The first-order valence-electron chi connectivity index (χ1n) is 8.85. The summed E-state index contributed by atoms with van der Waals surface area (Å²) in [5.74, 6) is -0.341. The lowest BCUT2D eigenvalue weighted by atomic mass is 9.98. The summed E-state index contributed by atoms with van der Waals surface area (Å²) in [6.45, 7) is 4.92. The first-order chi connectivity index (χ1) is 12.9. The Hall–Kier alpha value is -2.90. The number of hydrogen-bond acceptors (Lipinski definition) is 4. The molecular formula is C19H23FN4O3. The number of H-pyrrole nitrogens is 1. The molecule has 0 unspecified atom stereocenters. The lowest BCUT2D eigenvalue weighted by Crippen LogP contribution is -2.59. The summed E-state index contributed by atoms with van der Waals surface area (Å²) in [5, 5.41) is 6.83. The van der Waals surface area contributed by atoms with Crippen LogP contribution in [0.5, 0.6) is 5.75 Å². The number of halogens is 1. The van der Waals surface area contributed by atoms with E-state index < -0.39 is 6.04 Å². The molecule has 0 aliphatic carbocycles. The van der Waals surface area contributed by atoms with Crippen LogP contribution < -0.4 is 4.74 Å². The van der Waals surface area contributed by atoms with Crippen LogP contribution in [0, 0.1) is 11.7 Å². The van der Waals surface area contributed by atoms with E-state index in [4.69, 9.17) is 4.74 Å². The van der Waals surface area contributed by atoms with Crippen molar-refractivity contribution in [2.45, 2.75) is 26.5 Å². The van der Waals surface area contributed by atoms with Crippen molar-refractivity contribution in [3.63, 3.8) is 0 Å². The quantitative estimate of drug-likeness (QED) is 0.869. The SMILES string of the molecule is CC(C)[C@H]1C(=O)N(C)CCN1C(=O)c1cc(COc2cccc(F)c2)[nH]n1. The zero-order chi connectivity index (χ0) is 19.6. The largest absolute Gasteiger partial charge is 0.487 e. The molecule has 1 aliphatic heterocycles. The average Bonchev–Trinajstić information content (AvgIpc) is 3.10. The van der Waals surface area contributed by atoms with Crippen molar-refractivity contribution >= 4 is 11.8 Å². The summed E-state index contributed by atoms with van der Waals surface area (Å²) >= 11 is 0. The topological polar surface area (TPSA) is 78.5 Å². The van der Waals surface area contributed by atoms with Crippen LogP contribution in [-0.2, 0) is 11.4 Å². The minimum atomic E-state index is -0.500. The third-order valence-electron chi connectivity index (χ3n) is 4.57. The molecule has 0 spiro atoms. The molecule has 3 rings (SSSR count). The maximum absolute atomic E-state index is 13.2. The minimum absolute atomic E-state index is 0.000998. The predicted octanol–water partition coefficient (Wildman–Crippen LogP) is 2.07. The number of nitrogens with one attached hydrogen (secondary N) is 1. The molecule has 1 saturated heterocycles. The zero-order valence-electron chi connectivity index (χ0n) is 15.6. The summed E-state index contributed by atoms with van der Waals surface area (Å²) in [5.41, 5.74) is 0.819. The molecule has 144 valence electrons. The van der Waals surface area contributed by atoms with Gasteiger partial charge in [-0.2, -0.15) is 5.10 Å². The van der Waals surface area contributed by atoms with Crippen LogP contribution in [-0.4, -0.2) is 58.0 Å². The van der Waals surface area contributed by atoms with E-state index in [9.17, 15) is 14.0 Å². The summed E-state index contributed by atoms with van der Waals surface area (Å²) in [7, 11) is 1.75. The summed E-state index contributed by atoms with van der Waals surface area (Å²) < 4.78 is 18.7. The van der Waals surface area contributed by atoms with Gasteiger partial charge in [0.2, 0.25) is 5.91 Å². The standard InChI is InChI=1S/C19H23FN4O3/c1-12(2)17-19(26)23(3)7-8-24(17)18(25)16-10-14(21-22-16)11-27-15-6-4-5-13(20)9-15/h4-6,9-10,12,17H,7-8,11H2,1-3H3,(H,21,22)/t17-/m0/s1. The third-order valence-corrected chi connectivity index (χ3v) is 4.57. The van der Waals surface area contributed by atoms with Crippen molar-refractivity contribution < 1.29 is 18.7 Å². The van der Waals surface area contributed by atoms with Gasteiger partial charge in [0.25, 0.3) is 5.91 Å². The lowest BCUT2D eigenvalue weighted by molar-refractivity contribution is -0.140. The highest BCUT2D eigenvalue weighted by atomic mass is 19.1. The molecule has 2 amide bonds. The fourth-order valence-electron chi connectivity index (χ4n) is 3.15. The first kappa shape index (κ1) is 18.9. The second-order valence-electron chi connectivity index (χ2n) is 6.97. The number of nitrogens with zero attached hydrogens (tertiary/aromatic N) is 3. The van der Waals surface area contributed by atoms with E-state index in [0.717, 1.165) is 0 Å². The van der Waals surface area contributed by atoms with Crippen LogP contribution in [0.3, 0.4) is 0 Å². The fraction of sp³-hybridized carbons (Fsp3) is 0.421. The van der Waals surface area contributed by atoms with Gasteiger partial charge in [-0.1, -0.05) is 19.9 Å². The molecule has 1 aliphatic rings. The van der Waals surface area contributed by atoms with E-state index in [0.29, 0.717) is 24.5 Å². The number of carbonyl (C=O) groups is 2. The summed E-state index contributed by atoms with van der Waals surface area (Å²) in [4.78, 5) is 28.6. The Morgan fingerprint density at radius 1 is 1.37 bits per heavy atom. The molecule has 1 N–H and O–H groups in total. The zero-order valence-corrected chi connectivity index (χ0v) is 15.6. The monoisotopic (exact) mass is 374 g/mol. The van der Waals surface area contributed by atoms with Crippen LogP contribution in [0.25, 0.3) is 0 Å². The molecule has 1 aromatic carbocycles. The Bertz CT molecular complexity index is 836. The van der Waals surface area contributed by atoms with Crippen molar-refractivity contribution in [3.05, 3.63) is 47.5 Å². The molecule has 0 radical (unpaired) electrons. The van der Waals surface area contributed by atoms with Gasteiger partial charge in [0.1, 0.15) is 24.2 Å². The van der Waals surface area contributed by atoms with Crippen molar-refractivity contribution in [1.29, 1.82) is 0 Å². The van der Waals surface area contributed by atoms with E-state index in [1.54, 1.807) is 35.0 Å². The Labute approximate surface area is 157 Å². The molecule has 8 heteroatoms. The number of carbonyl (C=O) groups excluding carboxylic acids is 2. The number of rotatable bonds is 5. The van der Waals surface area contributed by atoms with E-state index in [-0.39, 0.29) is 35.9 Å². The normalized spacial score (nSPS) is 17.5. The smallest absolute Gasteiger partial charge is 0.275 e. The predicted molar refractivity (Wildman–Crippen MR) is 96.6 cm³/mol. The Morgan fingerprint density at radius 3 is 2.85 bits per heavy atom. The molecule has 27 heavy (non-hydrogen) atoms. The minimum Gasteiger partial charge on any atom is -0.487 e. The maximum Gasteiger partial charge on any atom is 0.275 e. The van der Waals surface area contributed by atoms with Gasteiger partial charge in [0, 0.05) is 26.2 Å². The van der Waals surface area contributed by atoms with Crippen LogP contribution in [0.2, 0.25) is 0 Å². The highest BCUT2D eigenvalue weighted by Crippen LogP contribution is 2.20. The number of hydrogen-bond donors (Lipinski definition) is 1. The Kier molecular flexibility index (Phi) is 5.43. The Balaban J connectivity index is 1.69. The molecule has 2 heterocycles. The van der Waals surface area contributed by atoms with Crippen LogP contribution in [0.1, 0.15) is 30.0 Å². The van der Waals surface area contributed by atoms with Crippen molar-refractivity contribution in [3.8, 4) is 5.75 Å². The highest BCUT2D eigenvalue weighted by Gasteiger charge is 2.38. The number of aromatic amines is 1. The van der Waals surface area contributed by atoms with E-state index in [2.05, 4.69) is 10.2 Å². The number of likely N-dealkylation sites (N-methyl/N-ethyl adjacent to an activating group) is 1. The first-order valence-corrected chi connectivity index (χ1v) is 8.85. The molecule has 1 fully saturated rings. The van der Waals surface area contributed by atoms with Crippen LogP contribution in [0.4, 0.5) is 4.39 Å². The van der Waals surface area contributed by atoms with Gasteiger partial charge in [0.15, 0.2) is 5.69 Å². The van der Waals surface area contributed by atoms with Gasteiger partial charge >= 0.3 is 0 Å². The van der Waals surface area contributed by atoms with Gasteiger partial charge in [-0.15, -0.1) is 0 Å². The highest BCUT2D eigenvalue weighted by molar-refractivity contribution is 5.97. The van der Waals surface area contributed by atoms with E-state index in [1.165, 1.54) is 12.1 Å². The molecule has 0 bridgehead atoms. The maximum atomic E-state index is 13.2. The van der Waals surface area contributed by atoms with Gasteiger partial charge in [-0.25, -0.2) is 4.39 Å². The van der Waals surface area contributed by atoms with Crippen LogP contribution >= 0.6 is 0 Å². The molecule has 7 nitrogen and oxygen atoms in total. The van der Waals surface area contributed by atoms with Crippen molar-refractivity contribution in [2.24, 2.45) is 5.92 Å². The Morgan fingerprint density at radius 2 is 2.15 bits per heavy atom. The molecular weight excluding hydrogens is 351 g/mol. The molecule has 1 atom stereocenters. The van der Waals surface area contributed by atoms with Gasteiger partial charge < -0.3 is 14.5 Å². The molecule has 1 aromatic heterocycles. The van der Waals surface area contributed by atoms with Gasteiger partial charge in [0.05, 0.1) is 5.69 Å². The number of amides is 2. The summed E-state index contributed by atoms with van der Waals surface area (Å²) in [6, 6.07) is 6.92. The third kappa shape index (κ3) is 4.10. The second-order valence-corrected chi connectivity index (χ2v) is 6.97. The van der Waals surface area contributed by atoms with Crippen LogP contribution in [0.15, 0.2) is 30.3 Å². The second kappa shape index (κ2) is 7.77. The molecule has 2 aromatic rings. The average molecular weight is 374 g/mol. The van der Waals surface area contributed by atoms with Crippen molar-refractivity contribution in [1.82, 2.24) is 20.0 Å². The number of ether oxygens (including phenoxy) is 1. The fourth-order valence-corrected chi connectivity index (χ4v) is 3.15. The number of benzene rings is 1. The van der Waals surface area contributed by atoms with Crippen molar-refractivity contribution in [2.75, 3.05) is 20.1 Å².